The largest absolute Gasteiger partial charge is 1.00 e. The lowest BCUT2D eigenvalue weighted by Crippen LogP contribution is -3.00. The lowest BCUT2D eigenvalue weighted by molar-refractivity contribution is -0.692. The standard InChI is InChI=1S/C12H13N2O3P.2ClH/c15-18(16,17)10-9-14-7-3-12(4-8-14)11-1-5-13-6-2-11;;/h1-8H,9-10H2,(H-,15,16,17);2*1H. The van der Waals surface area contributed by atoms with Crippen molar-refractivity contribution in [2.45, 2.75) is 6.54 Å². The average molecular weight is 337 g/mol. The van der Waals surface area contributed by atoms with Gasteiger partial charge in [-0.1, -0.05) is 0 Å². The molecule has 2 aromatic heterocycles. The average Bonchev–Trinajstić information content (AvgIpc) is 2.37. The smallest absolute Gasteiger partial charge is 0.331 e. The summed E-state index contributed by atoms with van der Waals surface area (Å²) in [4.78, 5) is 20.6. The molecule has 0 spiro atoms. The molecule has 0 atom stereocenters. The van der Waals surface area contributed by atoms with Crippen molar-refractivity contribution in [2.24, 2.45) is 0 Å². The van der Waals surface area contributed by atoms with E-state index in [2.05, 4.69) is 4.98 Å². The Labute approximate surface area is 129 Å². The molecule has 0 radical (unpaired) electrons. The van der Waals surface area contributed by atoms with Crippen molar-refractivity contribution < 1.29 is 48.7 Å². The van der Waals surface area contributed by atoms with E-state index in [4.69, 9.17) is 9.79 Å². The molecule has 0 aliphatic rings. The zero-order valence-corrected chi connectivity index (χ0v) is 12.9. The molecule has 0 saturated carbocycles. The van der Waals surface area contributed by atoms with Crippen molar-refractivity contribution in [3.63, 3.8) is 0 Å². The third-order valence-corrected chi connectivity index (χ3v) is 3.37. The predicted octanol–water partition coefficient (Wildman–Crippen LogP) is -5.36. The van der Waals surface area contributed by atoms with Crippen molar-refractivity contribution in [2.75, 3.05) is 6.16 Å². The van der Waals surface area contributed by atoms with Crippen LogP contribution in [0.5, 0.6) is 0 Å². The number of nitrogens with one attached hydrogen (secondary N) is 1. The minimum Gasteiger partial charge on any atom is -1.00 e. The SMILES string of the molecule is O=P(O)(O)CC[n+]1ccc(-c2cc[nH+]cc2)cc1.[Cl-].[Cl-]. The fourth-order valence-corrected chi connectivity index (χ4v) is 2.12. The van der Waals surface area contributed by atoms with Crippen LogP contribution in [0.1, 0.15) is 0 Å². The number of hydrogen-bond donors (Lipinski definition) is 2. The van der Waals surface area contributed by atoms with Gasteiger partial charge in [-0.25, -0.2) is 9.55 Å². The Hall–Kier alpha value is -0.970. The highest BCUT2D eigenvalue weighted by Crippen LogP contribution is 2.33. The first-order valence-corrected chi connectivity index (χ1v) is 7.34. The molecule has 20 heavy (non-hydrogen) atoms. The van der Waals surface area contributed by atoms with Gasteiger partial charge in [-0.15, -0.1) is 0 Å². The number of nitrogens with zero attached hydrogens (tertiary/aromatic N) is 1. The van der Waals surface area contributed by atoms with Gasteiger partial charge < -0.3 is 34.6 Å². The Morgan fingerprint density at radius 3 is 2.00 bits per heavy atom. The Morgan fingerprint density at radius 1 is 1.00 bits per heavy atom. The molecule has 8 heteroatoms. The van der Waals surface area contributed by atoms with E-state index in [1.54, 1.807) is 4.57 Å². The van der Waals surface area contributed by atoms with E-state index in [1.165, 1.54) is 0 Å². The zero-order valence-electron chi connectivity index (χ0n) is 10.5. The van der Waals surface area contributed by atoms with Crippen molar-refractivity contribution in [1.82, 2.24) is 0 Å². The second-order valence-corrected chi connectivity index (χ2v) is 5.78. The van der Waals surface area contributed by atoms with Crippen LogP contribution in [-0.4, -0.2) is 15.9 Å². The molecular formula is C12H15Cl2N2O3P. The zero-order chi connectivity index (χ0) is 13.0. The monoisotopic (exact) mass is 336 g/mol. The maximum Gasteiger partial charge on any atom is 0.331 e. The van der Waals surface area contributed by atoms with Crippen LogP contribution >= 0.6 is 7.60 Å². The first-order chi connectivity index (χ1) is 8.54. The highest BCUT2D eigenvalue weighted by atomic mass is 35.5. The highest BCUT2D eigenvalue weighted by molar-refractivity contribution is 7.51. The van der Waals surface area contributed by atoms with E-state index >= 15 is 0 Å². The lowest BCUT2D eigenvalue weighted by Gasteiger charge is -2.01. The minimum absolute atomic E-state index is 0. The van der Waals surface area contributed by atoms with Crippen molar-refractivity contribution in [3.8, 4) is 11.1 Å². The molecule has 0 aromatic carbocycles. The van der Waals surface area contributed by atoms with Gasteiger partial charge in [-0.3, -0.25) is 4.57 Å². The number of rotatable bonds is 4. The maximum absolute atomic E-state index is 10.8. The third kappa shape index (κ3) is 5.99. The number of aryl methyl sites for hydroxylation is 1. The summed E-state index contributed by atoms with van der Waals surface area (Å²) in [6.45, 7) is 0.313. The van der Waals surface area contributed by atoms with Gasteiger partial charge in [0, 0.05) is 24.3 Å². The van der Waals surface area contributed by atoms with Gasteiger partial charge >= 0.3 is 7.60 Å². The fourth-order valence-electron chi connectivity index (χ4n) is 1.62. The predicted molar refractivity (Wildman–Crippen MR) is 65.5 cm³/mol. The van der Waals surface area contributed by atoms with E-state index in [-0.39, 0.29) is 31.0 Å². The number of aromatic amines is 1. The molecule has 110 valence electrons. The third-order valence-electron chi connectivity index (χ3n) is 2.59. The topological polar surface area (TPSA) is 75.6 Å². The van der Waals surface area contributed by atoms with Crippen LogP contribution in [0.3, 0.4) is 0 Å². The molecule has 3 N–H and O–H groups in total. The summed E-state index contributed by atoms with van der Waals surface area (Å²) in [5.41, 5.74) is 2.16. The molecular weight excluding hydrogens is 322 g/mol. The van der Waals surface area contributed by atoms with Gasteiger partial charge in [-0.05, 0) is 11.1 Å². The van der Waals surface area contributed by atoms with E-state index in [9.17, 15) is 4.57 Å². The van der Waals surface area contributed by atoms with Gasteiger partial charge in [0.1, 0.15) is 6.16 Å². The first-order valence-electron chi connectivity index (χ1n) is 5.55. The summed E-state index contributed by atoms with van der Waals surface area (Å²) < 4.78 is 12.5. The molecule has 2 rings (SSSR count). The molecule has 0 aliphatic heterocycles. The maximum atomic E-state index is 10.8. The summed E-state index contributed by atoms with van der Waals surface area (Å²) in [6.07, 6.45) is 7.20. The van der Waals surface area contributed by atoms with Gasteiger partial charge in [0.2, 0.25) is 0 Å². The summed E-state index contributed by atoms with van der Waals surface area (Å²) in [6, 6.07) is 7.79. The molecule has 2 aromatic rings. The Kier molecular flexibility index (Phi) is 7.94. The van der Waals surface area contributed by atoms with Gasteiger partial charge in [0.05, 0.1) is 0 Å². The Morgan fingerprint density at radius 2 is 1.50 bits per heavy atom. The number of pyridine rings is 2. The van der Waals surface area contributed by atoms with Crippen LogP contribution < -0.4 is 34.4 Å². The quantitative estimate of drug-likeness (QED) is 0.432. The second kappa shape index (κ2) is 8.35. The summed E-state index contributed by atoms with van der Waals surface area (Å²) >= 11 is 0. The number of aromatic nitrogens is 2. The molecule has 0 bridgehead atoms. The van der Waals surface area contributed by atoms with E-state index in [0.717, 1.165) is 11.1 Å². The van der Waals surface area contributed by atoms with Crippen LogP contribution in [0.15, 0.2) is 49.1 Å². The lowest BCUT2D eigenvalue weighted by atomic mass is 10.1. The number of hydrogen-bond acceptors (Lipinski definition) is 1. The second-order valence-electron chi connectivity index (χ2n) is 4.00. The fraction of sp³-hybridized carbons (Fsp3) is 0.167. The van der Waals surface area contributed by atoms with Crippen LogP contribution in [0.2, 0.25) is 0 Å². The van der Waals surface area contributed by atoms with E-state index in [0.29, 0.717) is 6.54 Å². The Balaban J connectivity index is 0.00000180. The normalized spacial score (nSPS) is 10.3. The summed E-state index contributed by atoms with van der Waals surface area (Å²) in [7, 11) is -3.93. The van der Waals surface area contributed by atoms with Crippen LogP contribution in [0.25, 0.3) is 11.1 Å². The molecule has 2 heterocycles. The van der Waals surface area contributed by atoms with Crippen molar-refractivity contribution in [3.05, 3.63) is 49.1 Å². The molecule has 0 saturated heterocycles. The van der Waals surface area contributed by atoms with E-state index in [1.807, 2.05) is 49.1 Å². The molecule has 0 unspecified atom stereocenters. The minimum atomic E-state index is -3.93. The van der Waals surface area contributed by atoms with E-state index < -0.39 is 7.60 Å². The molecule has 0 amide bonds. The highest BCUT2D eigenvalue weighted by Gasteiger charge is 2.15. The number of H-pyrrole nitrogens is 1. The number of halogens is 2. The van der Waals surface area contributed by atoms with Crippen LogP contribution in [0.4, 0.5) is 0 Å². The first kappa shape index (κ1) is 19.0. The van der Waals surface area contributed by atoms with Crippen molar-refractivity contribution in [1.29, 1.82) is 0 Å². The molecule has 0 fully saturated rings. The van der Waals surface area contributed by atoms with Gasteiger partial charge in [0.25, 0.3) is 0 Å². The Bertz CT molecular complexity index is 561. The van der Waals surface area contributed by atoms with Gasteiger partial charge in [0.15, 0.2) is 31.3 Å². The van der Waals surface area contributed by atoms with Gasteiger partial charge in [-0.2, -0.15) is 0 Å². The van der Waals surface area contributed by atoms with Crippen LogP contribution in [0, 0.1) is 0 Å². The summed E-state index contributed by atoms with van der Waals surface area (Å²) in [5, 5.41) is 0. The molecule has 5 nitrogen and oxygen atoms in total. The summed E-state index contributed by atoms with van der Waals surface area (Å²) in [5.74, 6) is 0. The van der Waals surface area contributed by atoms with Crippen LogP contribution in [-0.2, 0) is 11.1 Å². The molecule has 0 aliphatic carbocycles. The van der Waals surface area contributed by atoms with Crippen molar-refractivity contribution >= 4 is 7.60 Å².